The molecule has 8 aromatic rings. The molecule has 3 heterocycles. The van der Waals surface area contributed by atoms with Gasteiger partial charge in [0, 0.05) is 32.9 Å². The minimum Gasteiger partial charge on any atom is -0.368 e. The molecule has 1 aliphatic rings. The molecular formula is C41H28N4S. The quantitative estimate of drug-likeness (QED) is 0.211. The van der Waals surface area contributed by atoms with Crippen LogP contribution in [0, 0.1) is 0 Å². The van der Waals surface area contributed by atoms with E-state index in [1.165, 1.54) is 32.4 Å². The summed E-state index contributed by atoms with van der Waals surface area (Å²) < 4.78 is 2.31. The van der Waals surface area contributed by atoms with Gasteiger partial charge in [-0.2, -0.15) is 0 Å². The zero-order chi connectivity index (χ0) is 30.5. The maximum atomic E-state index is 5.23. The van der Waals surface area contributed by atoms with Crippen molar-refractivity contribution in [1.29, 1.82) is 0 Å². The molecule has 218 valence electrons. The molecule has 0 amide bonds. The number of aromatic nitrogens is 3. The van der Waals surface area contributed by atoms with Gasteiger partial charge in [0.2, 0.25) is 0 Å². The molecule has 0 radical (unpaired) electrons. The van der Waals surface area contributed by atoms with E-state index in [1.807, 2.05) is 36.0 Å². The van der Waals surface area contributed by atoms with Crippen LogP contribution < -0.4 is 5.32 Å². The van der Waals surface area contributed by atoms with Gasteiger partial charge in [-0.15, -0.1) is 0 Å². The van der Waals surface area contributed by atoms with E-state index in [0.717, 1.165) is 39.4 Å². The van der Waals surface area contributed by atoms with E-state index in [4.69, 9.17) is 9.97 Å². The number of nitrogens with one attached hydrogen (secondary N) is 1. The molecular weight excluding hydrogens is 581 g/mol. The van der Waals surface area contributed by atoms with Crippen molar-refractivity contribution in [2.24, 2.45) is 0 Å². The van der Waals surface area contributed by atoms with Crippen molar-refractivity contribution in [3.8, 4) is 39.6 Å². The first-order valence-electron chi connectivity index (χ1n) is 15.4. The lowest BCUT2D eigenvalue weighted by molar-refractivity contribution is 1.05. The van der Waals surface area contributed by atoms with Crippen LogP contribution in [0.25, 0.3) is 61.4 Å². The fraction of sp³-hybridized carbons (Fsp3) is 0.0244. The molecule has 2 aromatic heterocycles. The van der Waals surface area contributed by atoms with E-state index in [0.29, 0.717) is 5.82 Å². The molecule has 0 fully saturated rings. The Balaban J connectivity index is 1.30. The maximum absolute atomic E-state index is 5.23. The van der Waals surface area contributed by atoms with E-state index in [1.54, 1.807) is 0 Å². The summed E-state index contributed by atoms with van der Waals surface area (Å²) in [7, 11) is 0. The summed E-state index contributed by atoms with van der Waals surface area (Å²) in [4.78, 5) is 11.5. The van der Waals surface area contributed by atoms with Gasteiger partial charge in [0.05, 0.1) is 22.4 Å². The second-order valence-electron chi connectivity index (χ2n) is 11.5. The van der Waals surface area contributed by atoms with Crippen LogP contribution in [0.5, 0.6) is 0 Å². The Hall–Kier alpha value is -5.65. The van der Waals surface area contributed by atoms with E-state index in [-0.39, 0.29) is 5.37 Å². The van der Waals surface area contributed by atoms with Crippen LogP contribution in [0.4, 0.5) is 5.69 Å². The summed E-state index contributed by atoms with van der Waals surface area (Å²) in [5, 5.41) is 6.36. The predicted molar refractivity (Wildman–Crippen MR) is 191 cm³/mol. The third-order valence-electron chi connectivity index (χ3n) is 8.65. The summed E-state index contributed by atoms with van der Waals surface area (Å²) in [6.45, 7) is 0. The molecule has 0 bridgehead atoms. The zero-order valence-electron chi connectivity index (χ0n) is 24.8. The lowest BCUT2D eigenvalue weighted by atomic mass is 10.0. The zero-order valence-corrected chi connectivity index (χ0v) is 25.7. The topological polar surface area (TPSA) is 42.7 Å². The summed E-state index contributed by atoms with van der Waals surface area (Å²) in [6.07, 6.45) is 0. The predicted octanol–water partition coefficient (Wildman–Crippen LogP) is 10.8. The second-order valence-corrected chi connectivity index (χ2v) is 12.7. The third-order valence-corrected chi connectivity index (χ3v) is 9.87. The maximum Gasteiger partial charge on any atom is 0.162 e. The number of thioether (sulfide) groups is 1. The summed E-state index contributed by atoms with van der Waals surface area (Å²) in [5.41, 5.74) is 9.95. The Morgan fingerprint density at radius 2 is 1.15 bits per heavy atom. The lowest BCUT2D eigenvalue weighted by Gasteiger charge is -2.13. The number of fused-ring (bicyclic) bond motifs is 4. The van der Waals surface area contributed by atoms with E-state index in [9.17, 15) is 0 Å². The van der Waals surface area contributed by atoms with Crippen molar-refractivity contribution >= 4 is 39.3 Å². The molecule has 0 spiro atoms. The van der Waals surface area contributed by atoms with Crippen molar-refractivity contribution in [3.05, 3.63) is 163 Å². The molecule has 9 rings (SSSR count). The summed E-state index contributed by atoms with van der Waals surface area (Å²) in [6, 6.07) is 55.4. The number of benzene rings is 6. The van der Waals surface area contributed by atoms with E-state index < -0.39 is 0 Å². The number of hydrogen-bond donors (Lipinski definition) is 1. The molecule has 1 N–H and O–H groups in total. The van der Waals surface area contributed by atoms with Gasteiger partial charge < -0.3 is 5.32 Å². The molecule has 4 nitrogen and oxygen atoms in total. The van der Waals surface area contributed by atoms with E-state index in [2.05, 4.69) is 143 Å². The fourth-order valence-electron chi connectivity index (χ4n) is 6.41. The molecule has 0 saturated carbocycles. The highest BCUT2D eigenvalue weighted by atomic mass is 32.2. The molecule has 6 aromatic carbocycles. The molecule has 1 atom stereocenters. The first-order valence-corrected chi connectivity index (χ1v) is 16.3. The van der Waals surface area contributed by atoms with Crippen molar-refractivity contribution in [3.63, 3.8) is 0 Å². The van der Waals surface area contributed by atoms with Gasteiger partial charge in [0.1, 0.15) is 11.2 Å². The van der Waals surface area contributed by atoms with E-state index >= 15 is 0 Å². The van der Waals surface area contributed by atoms with Crippen molar-refractivity contribution in [2.45, 2.75) is 10.3 Å². The molecule has 46 heavy (non-hydrogen) atoms. The largest absolute Gasteiger partial charge is 0.368 e. The molecule has 1 unspecified atom stereocenters. The van der Waals surface area contributed by atoms with Gasteiger partial charge in [-0.05, 0) is 41.0 Å². The highest BCUT2D eigenvalue weighted by molar-refractivity contribution is 8.00. The second kappa shape index (κ2) is 11.1. The standard InChI is InChI=1S/C41H28N4S/c1-5-13-27(14-6-1)31-21-22-36-32(23-31)33-24-38-35(43-41(46-38)30-19-11-4-12-20-30)25-37(33)45(36)39-26-34(28-15-7-2-8-16-28)42-40(44-39)29-17-9-3-10-18-29/h1-26,41,43H. The van der Waals surface area contributed by atoms with Crippen LogP contribution in [0.3, 0.4) is 0 Å². The van der Waals surface area contributed by atoms with Crippen molar-refractivity contribution < 1.29 is 0 Å². The van der Waals surface area contributed by atoms with Gasteiger partial charge >= 0.3 is 0 Å². The normalized spacial score (nSPS) is 14.0. The van der Waals surface area contributed by atoms with Crippen LogP contribution in [-0.2, 0) is 0 Å². The molecule has 5 heteroatoms. The van der Waals surface area contributed by atoms with Crippen LogP contribution >= 0.6 is 11.8 Å². The minimum absolute atomic E-state index is 0.163. The number of hydrogen-bond acceptors (Lipinski definition) is 4. The SMILES string of the molecule is c1ccc(-c2ccc3c(c2)c2cc4c(cc2n3-c2cc(-c3ccccc3)nc(-c3ccccc3)n2)NC(c2ccccc2)S4)cc1. The summed E-state index contributed by atoms with van der Waals surface area (Å²) >= 11 is 1.87. The van der Waals surface area contributed by atoms with Gasteiger partial charge in [-0.3, -0.25) is 4.57 Å². The highest BCUT2D eigenvalue weighted by Crippen LogP contribution is 2.49. The lowest BCUT2D eigenvalue weighted by Crippen LogP contribution is -2.03. The van der Waals surface area contributed by atoms with Crippen LogP contribution in [0.2, 0.25) is 0 Å². The third kappa shape index (κ3) is 4.64. The summed E-state index contributed by atoms with van der Waals surface area (Å²) in [5.74, 6) is 1.54. The number of rotatable bonds is 5. The number of nitrogens with zero attached hydrogens (tertiary/aromatic N) is 3. The number of anilines is 1. The highest BCUT2D eigenvalue weighted by Gasteiger charge is 2.26. The van der Waals surface area contributed by atoms with Gasteiger partial charge in [-0.1, -0.05) is 139 Å². The van der Waals surface area contributed by atoms with Gasteiger partial charge in [-0.25, -0.2) is 9.97 Å². The average Bonchev–Trinajstić information content (AvgIpc) is 3.70. The van der Waals surface area contributed by atoms with Crippen LogP contribution in [0.1, 0.15) is 10.9 Å². The first kappa shape index (κ1) is 26.7. The Labute approximate surface area is 271 Å². The smallest absolute Gasteiger partial charge is 0.162 e. The Morgan fingerprint density at radius 3 is 1.87 bits per heavy atom. The average molecular weight is 609 g/mol. The van der Waals surface area contributed by atoms with Gasteiger partial charge in [0.25, 0.3) is 0 Å². The monoisotopic (exact) mass is 608 g/mol. The fourth-order valence-corrected chi connectivity index (χ4v) is 7.58. The Kier molecular flexibility index (Phi) is 6.42. The molecule has 1 aliphatic heterocycles. The Bertz CT molecular complexity index is 2290. The molecule has 0 aliphatic carbocycles. The van der Waals surface area contributed by atoms with Crippen molar-refractivity contribution in [1.82, 2.24) is 14.5 Å². The van der Waals surface area contributed by atoms with Crippen molar-refractivity contribution in [2.75, 3.05) is 5.32 Å². The van der Waals surface area contributed by atoms with Crippen LogP contribution in [0.15, 0.2) is 163 Å². The Morgan fingerprint density at radius 1 is 0.522 bits per heavy atom. The van der Waals surface area contributed by atoms with Gasteiger partial charge in [0.15, 0.2) is 5.82 Å². The first-order chi connectivity index (χ1) is 22.8. The van der Waals surface area contributed by atoms with Crippen LogP contribution in [-0.4, -0.2) is 14.5 Å². The minimum atomic E-state index is 0.163. The molecule has 0 saturated heterocycles.